The van der Waals surface area contributed by atoms with Gasteiger partial charge in [-0.05, 0) is 115 Å². The molecule has 8 nitrogen and oxygen atoms in total. The Morgan fingerprint density at radius 2 is 0.676 bits per heavy atom. The van der Waals surface area contributed by atoms with Gasteiger partial charge in [-0.15, -0.1) is 0 Å². The van der Waals surface area contributed by atoms with Crippen molar-refractivity contribution in [1.29, 1.82) is 0 Å². The van der Waals surface area contributed by atoms with E-state index in [2.05, 4.69) is 232 Å². The summed E-state index contributed by atoms with van der Waals surface area (Å²) in [6.45, 7) is 18.0. The van der Waals surface area contributed by atoms with Crippen LogP contribution >= 0.6 is 0 Å². The summed E-state index contributed by atoms with van der Waals surface area (Å²) in [6, 6.07) is 56.8. The number of aromatic nitrogens is 4. The van der Waals surface area contributed by atoms with Crippen molar-refractivity contribution in [2.45, 2.75) is 77.5 Å². The Labute approximate surface area is 397 Å². The molecule has 0 saturated carbocycles. The van der Waals surface area contributed by atoms with Gasteiger partial charge in [0.1, 0.15) is 11.7 Å². The molecule has 0 saturated heterocycles. The number of nitrogens with zero attached hydrogens (tertiary/aromatic N) is 8. The van der Waals surface area contributed by atoms with Crippen LogP contribution in [0.15, 0.2) is 192 Å². The van der Waals surface area contributed by atoms with Crippen LogP contribution in [0.2, 0.25) is 0 Å². The number of hydrogen-bond acceptors (Lipinski definition) is 6. The highest BCUT2D eigenvalue weighted by Crippen LogP contribution is 2.45. The summed E-state index contributed by atoms with van der Waals surface area (Å²) in [4.78, 5) is 25.2. The maximum Gasteiger partial charge on any atom is 0.136 e. The number of fused-ring (bicyclic) bond motifs is 6. The predicted molar refractivity (Wildman–Crippen MR) is 283 cm³/mol. The normalized spacial score (nSPS) is 17.1. The summed E-state index contributed by atoms with van der Waals surface area (Å²) in [5.74, 6) is 1.92. The van der Waals surface area contributed by atoms with Gasteiger partial charge in [-0.3, -0.25) is 20.0 Å². The molecular formula is C60H54N8. The van der Waals surface area contributed by atoms with Crippen molar-refractivity contribution in [3.8, 4) is 22.5 Å². The highest BCUT2D eigenvalue weighted by atomic mass is 15.3. The van der Waals surface area contributed by atoms with Crippen LogP contribution in [-0.4, -0.2) is 52.9 Å². The SMILES string of the molecule is CC1(C)N=C(c2ccccc2)N(c2cncc(-n3c4ccccc4c4cc(-c5ccc6c(c5)c5ccccc5n6-c5cncc(N6C(c7ccccc7)=NC(C)(C)C6(C)C)c5)ccc43)c2)C1(C)C. The van der Waals surface area contributed by atoms with Crippen molar-refractivity contribution in [3.63, 3.8) is 0 Å². The number of rotatable bonds is 7. The fraction of sp³-hybridized carbons (Fsp3) is 0.200. The lowest BCUT2D eigenvalue weighted by molar-refractivity contribution is 0.338. The fourth-order valence-electron chi connectivity index (χ4n) is 10.6. The zero-order valence-electron chi connectivity index (χ0n) is 39.9. The van der Waals surface area contributed by atoms with E-state index >= 15 is 0 Å². The highest BCUT2D eigenvalue weighted by molar-refractivity contribution is 6.15. The van der Waals surface area contributed by atoms with Crippen molar-refractivity contribution >= 4 is 66.7 Å². The quantitative estimate of drug-likeness (QED) is 0.160. The van der Waals surface area contributed by atoms with Crippen molar-refractivity contribution in [3.05, 3.63) is 194 Å². The predicted octanol–water partition coefficient (Wildman–Crippen LogP) is 14.0. The van der Waals surface area contributed by atoms with Gasteiger partial charge in [-0.2, -0.15) is 0 Å². The monoisotopic (exact) mass is 886 g/mol. The largest absolute Gasteiger partial charge is 0.317 e. The van der Waals surface area contributed by atoms with Crippen molar-refractivity contribution < 1.29 is 0 Å². The molecule has 0 bridgehead atoms. The Morgan fingerprint density at radius 1 is 0.324 bits per heavy atom. The van der Waals surface area contributed by atoms with Crippen LogP contribution in [0, 0.1) is 0 Å². The summed E-state index contributed by atoms with van der Waals surface area (Å²) in [6.07, 6.45) is 7.91. The van der Waals surface area contributed by atoms with E-state index in [1.54, 1.807) is 0 Å². The molecule has 334 valence electrons. The molecule has 12 rings (SSSR count). The number of hydrogen-bond donors (Lipinski definition) is 0. The van der Waals surface area contributed by atoms with E-state index in [9.17, 15) is 0 Å². The van der Waals surface area contributed by atoms with Gasteiger partial charge in [0.05, 0.1) is 91.8 Å². The van der Waals surface area contributed by atoms with Gasteiger partial charge in [0, 0.05) is 32.7 Å². The minimum Gasteiger partial charge on any atom is -0.317 e. The van der Waals surface area contributed by atoms with Crippen LogP contribution in [0.4, 0.5) is 11.4 Å². The molecule has 4 aromatic heterocycles. The smallest absolute Gasteiger partial charge is 0.136 e. The molecule has 2 aliphatic heterocycles. The molecule has 0 aliphatic carbocycles. The number of amidine groups is 2. The first-order valence-corrected chi connectivity index (χ1v) is 23.6. The molecule has 0 radical (unpaired) electrons. The van der Waals surface area contributed by atoms with Gasteiger partial charge in [0.25, 0.3) is 0 Å². The van der Waals surface area contributed by atoms with Crippen LogP contribution in [0.5, 0.6) is 0 Å². The maximum absolute atomic E-state index is 5.32. The lowest BCUT2D eigenvalue weighted by atomic mass is 9.83. The molecule has 0 N–H and O–H groups in total. The van der Waals surface area contributed by atoms with E-state index < -0.39 is 0 Å². The second-order valence-electron chi connectivity index (χ2n) is 20.5. The number of pyridine rings is 2. The molecule has 6 aromatic carbocycles. The Hall–Kier alpha value is -7.84. The van der Waals surface area contributed by atoms with Gasteiger partial charge >= 0.3 is 0 Å². The Kier molecular flexibility index (Phi) is 9.07. The summed E-state index contributed by atoms with van der Waals surface area (Å²) in [5.41, 5.74) is 11.8. The van der Waals surface area contributed by atoms with Crippen molar-refractivity contribution in [1.82, 2.24) is 19.1 Å². The van der Waals surface area contributed by atoms with Crippen LogP contribution in [0.25, 0.3) is 66.1 Å². The Bertz CT molecular complexity index is 3460. The highest BCUT2D eigenvalue weighted by Gasteiger charge is 2.51. The Morgan fingerprint density at radius 3 is 1.09 bits per heavy atom. The third kappa shape index (κ3) is 6.12. The average molecular weight is 887 g/mol. The minimum absolute atomic E-state index is 0.313. The number of anilines is 2. The first-order chi connectivity index (χ1) is 32.7. The second kappa shape index (κ2) is 14.8. The lowest BCUT2D eigenvalue weighted by Crippen LogP contribution is -2.53. The third-order valence-electron chi connectivity index (χ3n) is 15.5. The molecule has 68 heavy (non-hydrogen) atoms. The van der Waals surface area contributed by atoms with E-state index in [4.69, 9.17) is 20.0 Å². The van der Waals surface area contributed by atoms with Crippen LogP contribution < -0.4 is 9.80 Å². The van der Waals surface area contributed by atoms with Crippen LogP contribution in [-0.2, 0) is 0 Å². The molecule has 0 unspecified atom stereocenters. The van der Waals surface area contributed by atoms with Crippen LogP contribution in [0.3, 0.4) is 0 Å². The maximum atomic E-state index is 5.32. The molecule has 0 amide bonds. The van der Waals surface area contributed by atoms with Crippen molar-refractivity contribution in [2.24, 2.45) is 9.98 Å². The van der Waals surface area contributed by atoms with Gasteiger partial charge < -0.3 is 18.9 Å². The zero-order valence-corrected chi connectivity index (χ0v) is 39.9. The van der Waals surface area contributed by atoms with Gasteiger partial charge in [0.2, 0.25) is 0 Å². The molecule has 0 atom stereocenters. The molecule has 0 spiro atoms. The molecule has 6 heterocycles. The Balaban J connectivity index is 0.953. The van der Waals surface area contributed by atoms with E-state index in [0.717, 1.165) is 78.7 Å². The molecule has 10 aromatic rings. The summed E-state index contributed by atoms with van der Waals surface area (Å²) in [5, 5.41) is 4.77. The number of aliphatic imine (C=N–C) groups is 2. The lowest BCUT2D eigenvalue weighted by Gasteiger charge is -2.41. The van der Waals surface area contributed by atoms with Gasteiger partial charge in [-0.1, -0.05) is 109 Å². The first-order valence-electron chi connectivity index (χ1n) is 23.6. The standard InChI is InChI=1S/C60H54N8/c1-57(2)59(5,6)67(55(63-57)39-19-11-9-12-20-39)45-33-43(35-61-37-45)65-51-25-17-15-23-47(51)49-31-41(27-29-53(49)65)42-28-30-54-50(32-42)48-24-16-18-26-52(48)66(54)44-34-46(38-62-36-44)68-56(40-21-13-10-14-22-40)64-58(3,4)60(68,7)8/h9-38H,1-8H3. The molecule has 8 heteroatoms. The van der Waals surface area contributed by atoms with Gasteiger partial charge in [0.15, 0.2) is 0 Å². The molecule has 2 aliphatic rings. The van der Waals surface area contributed by atoms with E-state index in [0.29, 0.717) is 0 Å². The zero-order chi connectivity index (χ0) is 46.7. The second-order valence-corrected chi connectivity index (χ2v) is 20.5. The van der Waals surface area contributed by atoms with Crippen molar-refractivity contribution in [2.75, 3.05) is 9.80 Å². The summed E-state index contributed by atoms with van der Waals surface area (Å²) < 4.78 is 4.72. The third-order valence-corrected chi connectivity index (χ3v) is 15.5. The van der Waals surface area contributed by atoms with E-state index in [-0.39, 0.29) is 22.2 Å². The van der Waals surface area contributed by atoms with Gasteiger partial charge in [-0.25, -0.2) is 0 Å². The van der Waals surface area contributed by atoms with E-state index in [1.807, 2.05) is 24.8 Å². The van der Waals surface area contributed by atoms with Crippen LogP contribution in [0.1, 0.15) is 66.5 Å². The minimum atomic E-state index is -0.330. The van der Waals surface area contributed by atoms with E-state index in [1.165, 1.54) is 21.5 Å². The summed E-state index contributed by atoms with van der Waals surface area (Å²) >= 11 is 0. The topological polar surface area (TPSA) is 66.8 Å². The average Bonchev–Trinajstić information content (AvgIpc) is 3.98. The fourth-order valence-corrected chi connectivity index (χ4v) is 10.6. The number of para-hydroxylation sites is 2. The molecular weight excluding hydrogens is 833 g/mol. The number of benzene rings is 6. The first kappa shape index (κ1) is 41.6. The molecule has 0 fully saturated rings. The summed E-state index contributed by atoms with van der Waals surface area (Å²) in [7, 11) is 0.